The van der Waals surface area contributed by atoms with Crippen LogP contribution in [0, 0.1) is 5.41 Å². The van der Waals surface area contributed by atoms with Crippen molar-refractivity contribution in [2.24, 2.45) is 0 Å². The summed E-state index contributed by atoms with van der Waals surface area (Å²) in [6.45, 7) is 3.16. The van der Waals surface area contributed by atoms with Gasteiger partial charge in [-0.1, -0.05) is 53.5 Å². The number of hydrogen-bond donors (Lipinski definition) is 5. The molecule has 39 heavy (non-hydrogen) atoms. The van der Waals surface area contributed by atoms with E-state index in [0.717, 1.165) is 0 Å². The lowest BCUT2D eigenvalue weighted by atomic mass is 9.95. The van der Waals surface area contributed by atoms with Crippen molar-refractivity contribution in [3.05, 3.63) is 68.1 Å². The van der Waals surface area contributed by atoms with Crippen LogP contribution in [0.25, 0.3) is 0 Å². The molecule has 10 nitrogen and oxygen atoms in total. The molecule has 2 aliphatic rings. The van der Waals surface area contributed by atoms with E-state index in [-0.39, 0.29) is 12.4 Å². The lowest BCUT2D eigenvalue weighted by molar-refractivity contribution is -0.161. The molecule has 14 heteroatoms. The number of aliphatic carboxylic acids is 1. The molecule has 5 N–H and O–H groups in total. The number of carbonyl (C=O) groups is 4. The normalized spacial score (nSPS) is 21.8. The number of β-lactam (4-membered cyclic amide) rings is 1. The number of carbonyl (C=O) groups excluding carboxylic acids is 3. The average Bonchev–Trinajstić information content (AvgIpc) is 3.15. The van der Waals surface area contributed by atoms with Gasteiger partial charge in [-0.3, -0.25) is 19.8 Å². The van der Waals surface area contributed by atoms with Crippen molar-refractivity contribution in [3.63, 3.8) is 0 Å². The molecule has 0 aromatic heterocycles. The Balaban J connectivity index is 1.43. The number of thioether (sulfide) groups is 1. The zero-order chi connectivity index (χ0) is 28.6. The molecule has 4 atom stereocenters. The van der Waals surface area contributed by atoms with Crippen molar-refractivity contribution in [1.29, 1.82) is 5.41 Å². The van der Waals surface area contributed by atoms with Crippen molar-refractivity contribution in [1.82, 2.24) is 20.9 Å². The molecule has 2 saturated heterocycles. The number of fused-ring (bicyclic) bond motifs is 1. The van der Waals surface area contributed by atoms with Gasteiger partial charge in [-0.2, -0.15) is 0 Å². The first-order valence-corrected chi connectivity index (χ1v) is 14.1. The molecule has 4 rings (SSSR count). The third-order valence-corrected chi connectivity index (χ3v) is 9.85. The zero-order valence-electron chi connectivity index (χ0n) is 20.6. The fourth-order valence-corrected chi connectivity index (χ4v) is 6.85. The maximum atomic E-state index is 13.3. The molecule has 2 aromatic rings. The molecular weight excluding hydrogens is 633 g/mol. The number of benzene rings is 2. The Morgan fingerprint density at radius 1 is 1.18 bits per heavy atom. The molecule has 206 valence electrons. The summed E-state index contributed by atoms with van der Waals surface area (Å²) in [7, 11) is 0. The van der Waals surface area contributed by atoms with Gasteiger partial charge < -0.3 is 26.0 Å². The summed E-state index contributed by atoms with van der Waals surface area (Å²) in [6, 6.07) is 8.46. The number of rotatable bonds is 8. The minimum Gasteiger partial charge on any atom is -0.480 e. The Bertz CT molecular complexity index is 1340. The van der Waals surface area contributed by atoms with Gasteiger partial charge in [0.25, 0.3) is 0 Å². The van der Waals surface area contributed by atoms with Crippen LogP contribution in [0.2, 0.25) is 10.0 Å². The number of hydrogen-bond acceptors (Lipinski definition) is 6. The summed E-state index contributed by atoms with van der Waals surface area (Å²) in [4.78, 5) is 52.0. The highest BCUT2D eigenvalue weighted by molar-refractivity contribution is 9.10. The molecule has 0 aliphatic carbocycles. The van der Waals surface area contributed by atoms with E-state index in [1.807, 2.05) is 0 Å². The van der Waals surface area contributed by atoms with E-state index in [4.69, 9.17) is 28.6 Å². The summed E-state index contributed by atoms with van der Waals surface area (Å²) < 4.78 is -0.249. The zero-order valence-corrected chi connectivity index (χ0v) is 24.5. The van der Waals surface area contributed by atoms with E-state index >= 15 is 0 Å². The number of nitrogens with one attached hydrogen (secondary N) is 4. The predicted molar refractivity (Wildman–Crippen MR) is 152 cm³/mol. The monoisotopic (exact) mass is 655 g/mol. The highest BCUT2D eigenvalue weighted by Gasteiger charge is 2.64. The van der Waals surface area contributed by atoms with Crippen LogP contribution >= 0.6 is 50.9 Å². The maximum Gasteiger partial charge on any atom is 0.327 e. The first-order chi connectivity index (χ1) is 18.3. The van der Waals surface area contributed by atoms with E-state index in [0.29, 0.717) is 25.6 Å². The van der Waals surface area contributed by atoms with Crippen molar-refractivity contribution in [2.45, 2.75) is 42.1 Å². The third-order valence-electron chi connectivity index (χ3n) is 6.37. The van der Waals surface area contributed by atoms with Crippen LogP contribution in [0.15, 0.2) is 46.9 Å². The van der Waals surface area contributed by atoms with Gasteiger partial charge in [-0.15, -0.1) is 11.8 Å². The number of carboxylic acids is 1. The molecule has 2 aromatic carbocycles. The SMILES string of the molecule is CC1(C)S[C@@H]2C(NC(=O)C(NC(=O)CNC(=N)c3cc(Cl)c(Br)c(Cl)c3)c3ccccc3)C(=O)N2[C@H]1C(=O)O. The van der Waals surface area contributed by atoms with Gasteiger partial charge >= 0.3 is 5.97 Å². The van der Waals surface area contributed by atoms with Gasteiger partial charge in [-0.05, 0) is 47.5 Å². The second kappa shape index (κ2) is 11.4. The molecule has 0 spiro atoms. The first kappa shape index (κ1) is 29.2. The maximum absolute atomic E-state index is 13.3. The Hall–Kier alpha value is -2.80. The molecule has 0 saturated carbocycles. The van der Waals surface area contributed by atoms with Crippen molar-refractivity contribution in [2.75, 3.05) is 6.54 Å². The summed E-state index contributed by atoms with van der Waals surface area (Å²) in [6.07, 6.45) is 0. The number of nitrogens with zero attached hydrogens (tertiary/aromatic N) is 1. The Kier molecular flexibility index (Phi) is 8.50. The number of amidine groups is 1. The van der Waals surface area contributed by atoms with Gasteiger partial charge in [0.05, 0.1) is 21.1 Å². The number of halogens is 3. The number of amides is 3. The molecule has 2 aliphatic heterocycles. The molecular formula is C25H24BrCl2N5O5S. The highest BCUT2D eigenvalue weighted by Crippen LogP contribution is 2.50. The summed E-state index contributed by atoms with van der Waals surface area (Å²) >= 11 is 16.8. The van der Waals surface area contributed by atoms with Gasteiger partial charge in [0.2, 0.25) is 17.7 Å². The van der Waals surface area contributed by atoms with Crippen LogP contribution in [0.5, 0.6) is 0 Å². The van der Waals surface area contributed by atoms with Crippen LogP contribution in [0.3, 0.4) is 0 Å². The van der Waals surface area contributed by atoms with E-state index in [2.05, 4.69) is 31.9 Å². The summed E-state index contributed by atoms with van der Waals surface area (Å²) in [5.41, 5.74) is 0.847. The van der Waals surface area contributed by atoms with Crippen LogP contribution < -0.4 is 16.0 Å². The van der Waals surface area contributed by atoms with Crippen molar-refractivity contribution < 1.29 is 24.3 Å². The van der Waals surface area contributed by atoms with Gasteiger partial charge in [0.15, 0.2) is 0 Å². The number of carboxylic acid groups (broad SMARTS) is 1. The van der Waals surface area contributed by atoms with Crippen molar-refractivity contribution >= 4 is 80.4 Å². The Morgan fingerprint density at radius 2 is 1.79 bits per heavy atom. The van der Waals surface area contributed by atoms with E-state index < -0.39 is 51.9 Å². The van der Waals surface area contributed by atoms with Crippen LogP contribution in [-0.4, -0.2) is 68.3 Å². The molecule has 3 amide bonds. The molecule has 2 heterocycles. The molecule has 2 fully saturated rings. The van der Waals surface area contributed by atoms with E-state index in [9.17, 15) is 24.3 Å². The fraction of sp³-hybridized carbons (Fsp3) is 0.320. The van der Waals surface area contributed by atoms with Crippen LogP contribution in [0.1, 0.15) is 31.0 Å². The average molecular weight is 657 g/mol. The summed E-state index contributed by atoms with van der Waals surface area (Å²) in [5.74, 6) is -2.89. The third kappa shape index (κ3) is 5.88. The minimum absolute atomic E-state index is 0.101. The first-order valence-electron chi connectivity index (χ1n) is 11.7. The predicted octanol–water partition coefficient (Wildman–Crippen LogP) is 3.16. The fourth-order valence-electron chi connectivity index (χ4n) is 4.51. The highest BCUT2D eigenvalue weighted by atomic mass is 79.9. The van der Waals surface area contributed by atoms with Crippen LogP contribution in [-0.2, 0) is 19.2 Å². The smallest absolute Gasteiger partial charge is 0.327 e. The molecule has 2 unspecified atom stereocenters. The Labute approximate surface area is 246 Å². The van der Waals surface area contributed by atoms with Gasteiger partial charge in [-0.25, -0.2) is 4.79 Å². The topological polar surface area (TPSA) is 152 Å². The standard InChI is InChI=1S/C25H24BrCl2N5O5S/c1-25(2)19(24(37)38)33-22(36)18(23(33)39-25)32-21(35)17(11-6-4-3-5-7-11)31-15(34)10-30-20(29)12-8-13(27)16(26)14(28)9-12/h3-9,17-19,23H,10H2,1-2H3,(H2,29,30)(H,31,34)(H,32,35)(H,37,38)/t17?,18?,19-,23+/m0/s1. The van der Waals surface area contributed by atoms with Gasteiger partial charge in [0, 0.05) is 10.3 Å². The van der Waals surface area contributed by atoms with E-state index in [1.165, 1.54) is 28.8 Å². The lowest BCUT2D eigenvalue weighted by Gasteiger charge is -2.44. The largest absolute Gasteiger partial charge is 0.480 e. The summed E-state index contributed by atoms with van der Waals surface area (Å²) in [5, 5.41) is 25.9. The Morgan fingerprint density at radius 3 is 2.38 bits per heavy atom. The van der Waals surface area contributed by atoms with Crippen LogP contribution in [0.4, 0.5) is 0 Å². The van der Waals surface area contributed by atoms with Gasteiger partial charge in [0.1, 0.15) is 29.3 Å². The molecule has 0 radical (unpaired) electrons. The van der Waals surface area contributed by atoms with Crippen molar-refractivity contribution in [3.8, 4) is 0 Å². The lowest BCUT2D eigenvalue weighted by Crippen LogP contribution is -2.71. The second-order valence-electron chi connectivity index (χ2n) is 9.48. The minimum atomic E-state index is -1.14. The second-order valence-corrected chi connectivity index (χ2v) is 12.9. The quantitative estimate of drug-likeness (QED) is 0.127. The van der Waals surface area contributed by atoms with E-state index in [1.54, 1.807) is 44.2 Å². The molecule has 0 bridgehead atoms.